The molecule has 0 saturated heterocycles. The molecule has 1 aromatic heterocycles. The third-order valence-corrected chi connectivity index (χ3v) is 4.98. The third kappa shape index (κ3) is 7.57. The smallest absolute Gasteiger partial charge is 0.248 e. The van der Waals surface area contributed by atoms with Crippen molar-refractivity contribution in [2.45, 2.75) is 33.6 Å². The number of benzene rings is 1. The molecule has 27 heavy (non-hydrogen) atoms. The van der Waals surface area contributed by atoms with Crippen molar-refractivity contribution in [2.75, 3.05) is 31.6 Å². The highest BCUT2D eigenvalue weighted by Crippen LogP contribution is 2.23. The number of carbonyl (C=O) groups excluding carboxylic acids is 1. The number of nitrogens with one attached hydrogen (secondary N) is 1. The predicted octanol–water partition coefficient (Wildman–Crippen LogP) is 5.21. The van der Waals surface area contributed by atoms with Crippen molar-refractivity contribution in [3.63, 3.8) is 0 Å². The van der Waals surface area contributed by atoms with Gasteiger partial charge in [0.1, 0.15) is 12.4 Å². The first-order valence-electron chi connectivity index (χ1n) is 9.60. The van der Waals surface area contributed by atoms with Crippen LogP contribution in [0, 0.1) is 6.92 Å². The Balaban J connectivity index is 1.89. The van der Waals surface area contributed by atoms with Crippen molar-refractivity contribution < 1.29 is 9.53 Å². The molecule has 0 bridgehead atoms. The molecule has 2 rings (SSSR count). The SMILES string of the molecule is CCCN(CCC)CCOc1cc(NC(=O)C=Cc2cccs2)ccc1C. The minimum absolute atomic E-state index is 0.143. The summed E-state index contributed by atoms with van der Waals surface area (Å²) >= 11 is 1.60. The number of rotatable bonds is 11. The fourth-order valence-corrected chi connectivity index (χ4v) is 3.43. The van der Waals surface area contributed by atoms with Crippen molar-refractivity contribution in [2.24, 2.45) is 0 Å². The zero-order chi connectivity index (χ0) is 19.5. The molecule has 1 N–H and O–H groups in total. The van der Waals surface area contributed by atoms with Gasteiger partial charge in [-0.25, -0.2) is 0 Å². The summed E-state index contributed by atoms with van der Waals surface area (Å²) in [5.41, 5.74) is 1.81. The first kappa shape index (κ1) is 21.2. The van der Waals surface area contributed by atoms with E-state index in [-0.39, 0.29) is 5.91 Å². The van der Waals surface area contributed by atoms with Crippen LogP contribution in [0.15, 0.2) is 41.8 Å². The number of carbonyl (C=O) groups is 1. The van der Waals surface area contributed by atoms with Crippen LogP contribution < -0.4 is 10.1 Å². The monoisotopic (exact) mass is 386 g/mol. The van der Waals surface area contributed by atoms with Gasteiger partial charge in [0, 0.05) is 29.3 Å². The van der Waals surface area contributed by atoms with Crippen LogP contribution in [0.3, 0.4) is 0 Å². The molecule has 0 atom stereocenters. The quantitative estimate of drug-likeness (QED) is 0.539. The molecule has 146 valence electrons. The molecule has 2 aromatic rings. The second-order valence-corrected chi connectivity index (χ2v) is 7.49. The summed E-state index contributed by atoms with van der Waals surface area (Å²) < 4.78 is 5.99. The minimum atomic E-state index is -0.143. The lowest BCUT2D eigenvalue weighted by molar-refractivity contribution is -0.111. The summed E-state index contributed by atoms with van der Waals surface area (Å²) in [5, 5.41) is 4.89. The molecule has 0 saturated carbocycles. The Morgan fingerprint density at radius 3 is 2.63 bits per heavy atom. The Kier molecular flexibility index (Phi) is 9.08. The van der Waals surface area contributed by atoms with Crippen LogP contribution in [0.1, 0.15) is 37.1 Å². The zero-order valence-corrected chi connectivity index (χ0v) is 17.3. The van der Waals surface area contributed by atoms with Crippen LogP contribution in [0.5, 0.6) is 5.75 Å². The van der Waals surface area contributed by atoms with Crippen molar-refractivity contribution in [1.82, 2.24) is 4.90 Å². The number of thiophene rings is 1. The standard InChI is InChI=1S/C22H30N2O2S/c1-4-12-24(13-5-2)14-15-26-21-17-19(9-8-18(21)3)23-22(25)11-10-20-7-6-16-27-20/h6-11,16-17H,4-5,12-15H2,1-3H3,(H,23,25). The van der Waals surface area contributed by atoms with E-state index in [9.17, 15) is 4.79 Å². The average molecular weight is 387 g/mol. The number of hydrogen-bond acceptors (Lipinski definition) is 4. The molecule has 1 amide bonds. The molecule has 0 unspecified atom stereocenters. The van der Waals surface area contributed by atoms with Gasteiger partial charge >= 0.3 is 0 Å². The molecule has 0 aliphatic carbocycles. The number of aryl methyl sites for hydroxylation is 1. The van der Waals surface area contributed by atoms with Gasteiger partial charge < -0.3 is 10.1 Å². The van der Waals surface area contributed by atoms with Gasteiger partial charge in [-0.3, -0.25) is 9.69 Å². The van der Waals surface area contributed by atoms with Crippen LogP contribution in [-0.2, 0) is 4.79 Å². The molecule has 1 heterocycles. The van der Waals surface area contributed by atoms with Gasteiger partial charge in [0.05, 0.1) is 0 Å². The van der Waals surface area contributed by atoms with Gasteiger partial charge in [-0.05, 0) is 62.0 Å². The van der Waals surface area contributed by atoms with Gasteiger partial charge in [0.15, 0.2) is 0 Å². The van der Waals surface area contributed by atoms with E-state index in [0.29, 0.717) is 6.61 Å². The fraction of sp³-hybridized carbons (Fsp3) is 0.409. The van der Waals surface area contributed by atoms with E-state index < -0.39 is 0 Å². The van der Waals surface area contributed by atoms with Crippen LogP contribution in [0.2, 0.25) is 0 Å². The molecule has 0 spiro atoms. The minimum Gasteiger partial charge on any atom is -0.492 e. The molecule has 0 aliphatic rings. The maximum atomic E-state index is 12.1. The summed E-state index contributed by atoms with van der Waals surface area (Å²) in [5.74, 6) is 0.679. The highest BCUT2D eigenvalue weighted by atomic mass is 32.1. The van der Waals surface area contributed by atoms with Crippen LogP contribution in [-0.4, -0.2) is 37.0 Å². The highest BCUT2D eigenvalue weighted by Gasteiger charge is 2.06. The van der Waals surface area contributed by atoms with Gasteiger partial charge in [0.25, 0.3) is 0 Å². The Morgan fingerprint density at radius 1 is 1.19 bits per heavy atom. The second-order valence-electron chi connectivity index (χ2n) is 6.51. The Hall–Kier alpha value is -2.11. The van der Waals surface area contributed by atoms with E-state index in [1.165, 1.54) is 0 Å². The highest BCUT2D eigenvalue weighted by molar-refractivity contribution is 7.10. The lowest BCUT2D eigenvalue weighted by Crippen LogP contribution is -2.30. The van der Waals surface area contributed by atoms with E-state index in [1.807, 2.05) is 48.7 Å². The molecule has 0 radical (unpaired) electrons. The molecule has 0 fully saturated rings. The van der Waals surface area contributed by atoms with Crippen LogP contribution in [0.25, 0.3) is 6.08 Å². The molecule has 1 aromatic carbocycles. The molecular formula is C22H30N2O2S. The largest absolute Gasteiger partial charge is 0.492 e. The zero-order valence-electron chi connectivity index (χ0n) is 16.5. The fourth-order valence-electron chi connectivity index (χ4n) is 2.81. The normalized spacial score (nSPS) is 11.3. The van der Waals surface area contributed by atoms with Gasteiger partial charge in [-0.1, -0.05) is 26.0 Å². The van der Waals surface area contributed by atoms with Crippen molar-refractivity contribution in [3.8, 4) is 5.75 Å². The summed E-state index contributed by atoms with van der Waals surface area (Å²) in [6, 6.07) is 9.72. The van der Waals surface area contributed by atoms with E-state index in [2.05, 4.69) is 24.1 Å². The molecule has 5 heteroatoms. The number of anilines is 1. The first-order chi connectivity index (χ1) is 13.1. The topological polar surface area (TPSA) is 41.6 Å². The number of amides is 1. The van der Waals surface area contributed by atoms with E-state index in [0.717, 1.165) is 54.4 Å². The van der Waals surface area contributed by atoms with E-state index >= 15 is 0 Å². The predicted molar refractivity (Wildman–Crippen MR) is 116 cm³/mol. The second kappa shape index (κ2) is 11.6. The Morgan fingerprint density at radius 2 is 1.96 bits per heavy atom. The summed E-state index contributed by atoms with van der Waals surface area (Å²) in [6.07, 6.45) is 5.68. The summed E-state index contributed by atoms with van der Waals surface area (Å²) in [7, 11) is 0. The molecule has 0 aliphatic heterocycles. The number of hydrogen-bond donors (Lipinski definition) is 1. The van der Waals surface area contributed by atoms with Crippen molar-refractivity contribution in [1.29, 1.82) is 0 Å². The van der Waals surface area contributed by atoms with Gasteiger partial charge in [-0.15, -0.1) is 11.3 Å². The lowest BCUT2D eigenvalue weighted by Gasteiger charge is -2.21. The number of nitrogens with zero attached hydrogens (tertiary/aromatic N) is 1. The maximum absolute atomic E-state index is 12.1. The van der Waals surface area contributed by atoms with Crippen molar-refractivity contribution in [3.05, 3.63) is 52.2 Å². The van der Waals surface area contributed by atoms with Crippen LogP contribution >= 0.6 is 11.3 Å². The average Bonchev–Trinajstić information content (AvgIpc) is 3.16. The van der Waals surface area contributed by atoms with Gasteiger partial charge in [-0.2, -0.15) is 0 Å². The first-order valence-corrected chi connectivity index (χ1v) is 10.5. The Labute approximate surface area is 166 Å². The molecular weight excluding hydrogens is 356 g/mol. The third-order valence-electron chi connectivity index (χ3n) is 4.14. The van der Waals surface area contributed by atoms with Crippen molar-refractivity contribution >= 4 is 29.0 Å². The summed E-state index contributed by atoms with van der Waals surface area (Å²) in [4.78, 5) is 15.6. The lowest BCUT2D eigenvalue weighted by atomic mass is 10.2. The Bertz CT molecular complexity index is 720. The van der Waals surface area contributed by atoms with E-state index in [4.69, 9.17) is 4.74 Å². The number of ether oxygens (including phenoxy) is 1. The van der Waals surface area contributed by atoms with Gasteiger partial charge in [0.2, 0.25) is 5.91 Å². The molecule has 4 nitrogen and oxygen atoms in total. The van der Waals surface area contributed by atoms with Crippen LogP contribution in [0.4, 0.5) is 5.69 Å². The van der Waals surface area contributed by atoms with E-state index in [1.54, 1.807) is 17.4 Å². The summed E-state index contributed by atoms with van der Waals surface area (Å²) in [6.45, 7) is 10.2. The maximum Gasteiger partial charge on any atom is 0.248 e.